The average Bonchev–Trinajstić information content (AvgIpc) is 2.63. The normalized spacial score (nSPS) is 23.9. The van der Waals surface area contributed by atoms with Crippen LogP contribution in [0.1, 0.15) is 56.1 Å². The van der Waals surface area contributed by atoms with E-state index >= 15 is 0 Å². The summed E-state index contributed by atoms with van der Waals surface area (Å²) < 4.78 is 5.59. The third kappa shape index (κ3) is 5.53. The second-order valence-electron chi connectivity index (χ2n) is 8.13. The molecule has 3 rings (SSSR count). The first kappa shape index (κ1) is 20.8. The number of esters is 1. The first-order valence-corrected chi connectivity index (χ1v) is 9.84. The molecule has 1 aliphatic heterocycles. The van der Waals surface area contributed by atoms with E-state index in [1.807, 2.05) is 12.1 Å². The van der Waals surface area contributed by atoms with Crippen LogP contribution in [0.3, 0.4) is 0 Å². The van der Waals surface area contributed by atoms with Gasteiger partial charge >= 0.3 is 11.9 Å². The predicted molar refractivity (Wildman–Crippen MR) is 107 cm³/mol. The zero-order valence-electron chi connectivity index (χ0n) is 16.3. The SMILES string of the molecule is N=C(N)c1ccc(CC(=O)CC2CCC3(CC2)CC(CC(=O)O)=CC(=O)O3)cc1. The summed E-state index contributed by atoms with van der Waals surface area (Å²) in [4.78, 5) is 35.3. The highest BCUT2D eigenvalue weighted by Crippen LogP contribution is 2.42. The summed E-state index contributed by atoms with van der Waals surface area (Å²) in [5, 5.41) is 16.4. The molecule has 0 saturated heterocycles. The van der Waals surface area contributed by atoms with E-state index in [0.29, 0.717) is 43.2 Å². The van der Waals surface area contributed by atoms with Crippen molar-refractivity contribution in [1.29, 1.82) is 5.41 Å². The molecule has 1 aromatic carbocycles. The number of amidine groups is 1. The lowest BCUT2D eigenvalue weighted by Gasteiger charge is -2.41. The molecule has 1 saturated carbocycles. The van der Waals surface area contributed by atoms with Crippen molar-refractivity contribution in [3.63, 3.8) is 0 Å². The molecule has 0 radical (unpaired) electrons. The number of carboxylic acid groups (broad SMARTS) is 1. The molecule has 0 bridgehead atoms. The number of hydrogen-bond acceptors (Lipinski definition) is 5. The van der Waals surface area contributed by atoms with Gasteiger partial charge in [0.15, 0.2) is 0 Å². The van der Waals surface area contributed by atoms with E-state index in [9.17, 15) is 14.4 Å². The van der Waals surface area contributed by atoms with Crippen molar-refractivity contribution in [2.75, 3.05) is 0 Å². The summed E-state index contributed by atoms with van der Waals surface area (Å²) in [7, 11) is 0. The van der Waals surface area contributed by atoms with Crippen LogP contribution in [0.5, 0.6) is 0 Å². The Bertz CT molecular complexity index is 848. The highest BCUT2D eigenvalue weighted by Gasteiger charge is 2.41. The van der Waals surface area contributed by atoms with Crippen LogP contribution < -0.4 is 5.73 Å². The van der Waals surface area contributed by atoms with Crippen LogP contribution in [0.15, 0.2) is 35.9 Å². The van der Waals surface area contributed by atoms with Gasteiger partial charge in [0.1, 0.15) is 17.2 Å². The number of rotatable bonds is 7. The molecule has 1 heterocycles. The molecule has 1 spiro atoms. The van der Waals surface area contributed by atoms with Crippen molar-refractivity contribution < 1.29 is 24.2 Å². The van der Waals surface area contributed by atoms with Crippen LogP contribution in [0.4, 0.5) is 0 Å². The van der Waals surface area contributed by atoms with Gasteiger partial charge in [-0.3, -0.25) is 15.0 Å². The van der Waals surface area contributed by atoms with Crippen LogP contribution in [-0.4, -0.2) is 34.3 Å². The third-order valence-electron chi connectivity index (χ3n) is 5.77. The van der Waals surface area contributed by atoms with Gasteiger partial charge in [-0.1, -0.05) is 24.3 Å². The molecule has 29 heavy (non-hydrogen) atoms. The maximum absolute atomic E-state index is 12.5. The summed E-state index contributed by atoms with van der Waals surface area (Å²) in [6.07, 6.45) is 5.32. The molecule has 0 unspecified atom stereocenters. The van der Waals surface area contributed by atoms with E-state index in [0.717, 1.165) is 18.4 Å². The van der Waals surface area contributed by atoms with Crippen molar-refractivity contribution in [2.45, 2.75) is 57.0 Å². The number of carboxylic acids is 1. The Labute approximate surface area is 169 Å². The quantitative estimate of drug-likeness (QED) is 0.368. The number of nitrogens with one attached hydrogen (secondary N) is 1. The third-order valence-corrected chi connectivity index (χ3v) is 5.77. The fourth-order valence-corrected chi connectivity index (χ4v) is 4.33. The van der Waals surface area contributed by atoms with Gasteiger partial charge in [-0.15, -0.1) is 0 Å². The lowest BCUT2D eigenvalue weighted by Crippen LogP contribution is -2.42. The number of Topliss-reactive ketones (excluding diaryl/α,β-unsaturated/α-hetero) is 1. The number of aliphatic carboxylic acids is 1. The minimum atomic E-state index is -0.947. The summed E-state index contributed by atoms with van der Waals surface area (Å²) in [6, 6.07) is 7.13. The van der Waals surface area contributed by atoms with E-state index in [2.05, 4.69) is 0 Å². The average molecular weight is 398 g/mol. The Morgan fingerprint density at radius 3 is 2.41 bits per heavy atom. The van der Waals surface area contributed by atoms with Crippen LogP contribution in [0.25, 0.3) is 0 Å². The van der Waals surface area contributed by atoms with Gasteiger partial charge in [0.2, 0.25) is 0 Å². The van der Waals surface area contributed by atoms with Crippen molar-refractivity contribution in [3.8, 4) is 0 Å². The van der Waals surface area contributed by atoms with E-state index in [4.69, 9.17) is 21.0 Å². The maximum Gasteiger partial charge on any atom is 0.331 e. The molecule has 2 aliphatic rings. The Morgan fingerprint density at radius 2 is 1.83 bits per heavy atom. The number of hydrogen-bond donors (Lipinski definition) is 3. The number of carbonyl (C=O) groups is 3. The Balaban J connectivity index is 1.51. The van der Waals surface area contributed by atoms with Gasteiger partial charge in [-0.25, -0.2) is 4.79 Å². The van der Waals surface area contributed by atoms with E-state index in [1.54, 1.807) is 12.1 Å². The molecule has 1 fully saturated rings. The van der Waals surface area contributed by atoms with Gasteiger partial charge in [0, 0.05) is 30.9 Å². The monoisotopic (exact) mass is 398 g/mol. The zero-order chi connectivity index (χ0) is 21.0. The number of carbonyl (C=O) groups excluding carboxylic acids is 2. The zero-order valence-corrected chi connectivity index (χ0v) is 16.3. The summed E-state index contributed by atoms with van der Waals surface area (Å²) in [5.41, 5.74) is 6.97. The van der Waals surface area contributed by atoms with Crippen molar-refractivity contribution in [3.05, 3.63) is 47.0 Å². The number of benzene rings is 1. The Kier molecular flexibility index (Phi) is 6.15. The number of ether oxygens (including phenoxy) is 1. The molecule has 1 aliphatic carbocycles. The van der Waals surface area contributed by atoms with E-state index in [-0.39, 0.29) is 24.0 Å². The highest BCUT2D eigenvalue weighted by molar-refractivity contribution is 5.95. The Morgan fingerprint density at radius 1 is 1.17 bits per heavy atom. The fourth-order valence-electron chi connectivity index (χ4n) is 4.33. The van der Waals surface area contributed by atoms with Gasteiger partial charge in [0.05, 0.1) is 6.42 Å². The fraction of sp³-hybridized carbons (Fsp3) is 0.455. The summed E-state index contributed by atoms with van der Waals surface area (Å²) in [6.45, 7) is 0. The van der Waals surface area contributed by atoms with Crippen LogP contribution in [-0.2, 0) is 25.5 Å². The van der Waals surface area contributed by atoms with Crippen LogP contribution >= 0.6 is 0 Å². The molecule has 7 heteroatoms. The lowest BCUT2D eigenvalue weighted by molar-refractivity contribution is -0.161. The maximum atomic E-state index is 12.5. The van der Waals surface area contributed by atoms with E-state index < -0.39 is 17.5 Å². The molecule has 0 aromatic heterocycles. The molecule has 154 valence electrons. The smallest absolute Gasteiger partial charge is 0.331 e. The van der Waals surface area contributed by atoms with Crippen LogP contribution in [0.2, 0.25) is 0 Å². The standard InChI is InChI=1S/C22H26N2O5/c23-21(24)17-3-1-14(2-4-17)9-18(25)10-15-5-7-22(8-6-15)13-16(11-19(26)27)12-20(28)29-22/h1-4,12,15H,5-11,13H2,(H3,23,24)(H,26,27). The van der Waals surface area contributed by atoms with Crippen LogP contribution in [0, 0.1) is 11.3 Å². The second-order valence-corrected chi connectivity index (χ2v) is 8.13. The second kappa shape index (κ2) is 8.59. The summed E-state index contributed by atoms with van der Waals surface area (Å²) >= 11 is 0. The predicted octanol–water partition coefficient (Wildman–Crippen LogP) is 2.75. The molecular weight excluding hydrogens is 372 g/mol. The minimum absolute atomic E-state index is 0.00350. The van der Waals surface area contributed by atoms with Gasteiger partial charge in [-0.2, -0.15) is 0 Å². The molecule has 4 N–H and O–H groups in total. The number of ketones is 1. The van der Waals surface area contributed by atoms with Crippen molar-refractivity contribution in [1.82, 2.24) is 0 Å². The first-order chi connectivity index (χ1) is 13.7. The largest absolute Gasteiger partial charge is 0.481 e. The van der Waals surface area contributed by atoms with Gasteiger partial charge in [-0.05, 0) is 42.7 Å². The lowest BCUT2D eigenvalue weighted by atomic mass is 9.73. The van der Waals surface area contributed by atoms with Crippen molar-refractivity contribution >= 4 is 23.6 Å². The van der Waals surface area contributed by atoms with Gasteiger partial charge in [0.25, 0.3) is 0 Å². The molecule has 7 nitrogen and oxygen atoms in total. The molecule has 0 amide bonds. The molecule has 0 atom stereocenters. The highest BCUT2D eigenvalue weighted by atomic mass is 16.6. The molecular formula is C22H26N2O5. The summed E-state index contributed by atoms with van der Waals surface area (Å²) in [5.74, 6) is -0.998. The minimum Gasteiger partial charge on any atom is -0.481 e. The number of nitrogen functional groups attached to an aromatic ring is 1. The van der Waals surface area contributed by atoms with Crippen molar-refractivity contribution in [2.24, 2.45) is 11.7 Å². The first-order valence-electron chi connectivity index (χ1n) is 9.84. The number of nitrogens with two attached hydrogens (primary N) is 1. The Hall–Kier alpha value is -2.96. The van der Waals surface area contributed by atoms with Gasteiger partial charge < -0.3 is 15.6 Å². The molecule has 1 aromatic rings. The van der Waals surface area contributed by atoms with E-state index in [1.165, 1.54) is 6.08 Å². The topological polar surface area (TPSA) is 131 Å².